The summed E-state index contributed by atoms with van der Waals surface area (Å²) < 4.78 is 0. The largest absolute Gasteiger partial charge is 0.268 e. The first-order valence-corrected chi connectivity index (χ1v) is 7.93. The fourth-order valence-corrected chi connectivity index (χ4v) is 3.70. The second-order valence-electron chi connectivity index (χ2n) is 6.17. The van der Waals surface area contributed by atoms with E-state index in [4.69, 9.17) is 0 Å². The van der Waals surface area contributed by atoms with E-state index in [0.717, 1.165) is 27.6 Å². The fourth-order valence-electron chi connectivity index (χ4n) is 3.70. The summed E-state index contributed by atoms with van der Waals surface area (Å²) in [5.74, 6) is -0.466. The minimum absolute atomic E-state index is 0.233. The van der Waals surface area contributed by atoms with Crippen molar-refractivity contribution in [1.82, 2.24) is 4.90 Å². The molecule has 5 rings (SSSR count). The SMILES string of the molecule is O=C1c2cccc3cccc(c23)C(=O)N1C1=Cc2ccccc2C1. The molecule has 3 nitrogen and oxygen atoms in total. The van der Waals surface area contributed by atoms with Crippen molar-refractivity contribution in [3.05, 3.63) is 88.6 Å². The highest BCUT2D eigenvalue weighted by molar-refractivity contribution is 6.26. The van der Waals surface area contributed by atoms with E-state index >= 15 is 0 Å². The van der Waals surface area contributed by atoms with E-state index in [1.165, 1.54) is 4.90 Å². The highest BCUT2D eigenvalue weighted by atomic mass is 16.2. The van der Waals surface area contributed by atoms with E-state index in [2.05, 4.69) is 0 Å². The Hall–Kier alpha value is -3.20. The Balaban J connectivity index is 1.69. The number of carbonyl (C=O) groups excluding carboxylic acids is 2. The summed E-state index contributed by atoms with van der Waals surface area (Å²) in [5.41, 5.74) is 4.16. The third kappa shape index (κ3) is 1.67. The molecule has 0 fully saturated rings. The van der Waals surface area contributed by atoms with Crippen LogP contribution in [0.1, 0.15) is 31.8 Å². The first kappa shape index (κ1) is 13.3. The summed E-state index contributed by atoms with van der Waals surface area (Å²) in [6.07, 6.45) is 2.55. The smallest absolute Gasteiger partial charge is 0.265 e. The molecule has 114 valence electrons. The first-order valence-electron chi connectivity index (χ1n) is 7.93. The van der Waals surface area contributed by atoms with E-state index in [9.17, 15) is 9.59 Å². The van der Waals surface area contributed by atoms with E-state index in [0.29, 0.717) is 17.5 Å². The van der Waals surface area contributed by atoms with Crippen molar-refractivity contribution in [2.24, 2.45) is 0 Å². The maximum Gasteiger partial charge on any atom is 0.265 e. The molecule has 1 heterocycles. The molecular formula is C21H13NO2. The van der Waals surface area contributed by atoms with E-state index in [1.807, 2.05) is 54.6 Å². The lowest BCUT2D eigenvalue weighted by atomic mass is 9.93. The predicted octanol–water partition coefficient (Wildman–Crippen LogP) is 4.03. The van der Waals surface area contributed by atoms with Crippen molar-refractivity contribution >= 4 is 28.7 Å². The molecule has 24 heavy (non-hydrogen) atoms. The summed E-state index contributed by atoms with van der Waals surface area (Å²) in [4.78, 5) is 27.4. The predicted molar refractivity (Wildman–Crippen MR) is 92.6 cm³/mol. The van der Waals surface area contributed by atoms with Crippen LogP contribution in [0.5, 0.6) is 0 Å². The molecule has 0 spiro atoms. The van der Waals surface area contributed by atoms with Crippen LogP contribution in [-0.2, 0) is 6.42 Å². The maximum absolute atomic E-state index is 13.0. The van der Waals surface area contributed by atoms with Gasteiger partial charge < -0.3 is 0 Å². The maximum atomic E-state index is 13.0. The molecule has 2 aliphatic rings. The number of imide groups is 1. The third-order valence-electron chi connectivity index (χ3n) is 4.81. The zero-order valence-corrected chi connectivity index (χ0v) is 12.8. The molecule has 0 unspecified atom stereocenters. The highest BCUT2D eigenvalue weighted by Gasteiger charge is 2.36. The van der Waals surface area contributed by atoms with Gasteiger partial charge in [0.25, 0.3) is 11.8 Å². The monoisotopic (exact) mass is 311 g/mol. The van der Waals surface area contributed by atoms with Gasteiger partial charge in [-0.25, -0.2) is 4.90 Å². The number of benzene rings is 3. The molecule has 3 heteroatoms. The molecule has 0 N–H and O–H groups in total. The van der Waals surface area contributed by atoms with Crippen LogP contribution in [0.25, 0.3) is 16.8 Å². The summed E-state index contributed by atoms with van der Waals surface area (Å²) in [6, 6.07) is 19.2. The number of nitrogens with zero attached hydrogens (tertiary/aromatic N) is 1. The number of rotatable bonds is 1. The lowest BCUT2D eigenvalue weighted by Gasteiger charge is -2.28. The Morgan fingerprint density at radius 1 is 0.750 bits per heavy atom. The number of fused-ring (bicyclic) bond motifs is 1. The molecule has 3 aromatic carbocycles. The number of hydrogen-bond donors (Lipinski definition) is 0. The molecular weight excluding hydrogens is 298 g/mol. The molecule has 2 amide bonds. The molecule has 0 radical (unpaired) electrons. The minimum Gasteiger partial charge on any atom is -0.268 e. The average Bonchev–Trinajstić information content (AvgIpc) is 3.03. The molecule has 0 saturated heterocycles. The van der Waals surface area contributed by atoms with Crippen LogP contribution in [0, 0.1) is 0 Å². The minimum atomic E-state index is -0.233. The second-order valence-corrected chi connectivity index (χ2v) is 6.17. The van der Waals surface area contributed by atoms with Crippen LogP contribution in [0.2, 0.25) is 0 Å². The van der Waals surface area contributed by atoms with Crippen LogP contribution in [0.3, 0.4) is 0 Å². The van der Waals surface area contributed by atoms with E-state index in [1.54, 1.807) is 12.1 Å². The van der Waals surface area contributed by atoms with Gasteiger partial charge in [-0.05, 0) is 34.7 Å². The Morgan fingerprint density at radius 2 is 1.42 bits per heavy atom. The molecule has 0 aromatic heterocycles. The van der Waals surface area contributed by atoms with Crippen LogP contribution in [0.15, 0.2) is 66.4 Å². The standard InChI is InChI=1S/C21H13NO2/c23-20-17-9-3-7-13-8-4-10-18(19(13)17)21(24)22(20)16-11-14-5-1-2-6-15(14)12-16/h1-11H,12H2. The molecule has 0 atom stereocenters. The zero-order valence-electron chi connectivity index (χ0n) is 12.8. The summed E-state index contributed by atoms with van der Waals surface area (Å²) >= 11 is 0. The van der Waals surface area contributed by atoms with Gasteiger partial charge in [-0.3, -0.25) is 9.59 Å². The Labute approximate surface area is 138 Å². The quantitative estimate of drug-likeness (QED) is 0.636. The Kier molecular flexibility index (Phi) is 2.57. The average molecular weight is 311 g/mol. The molecule has 0 bridgehead atoms. The van der Waals surface area contributed by atoms with Gasteiger partial charge in [0.05, 0.1) is 0 Å². The van der Waals surface area contributed by atoms with Crippen LogP contribution < -0.4 is 0 Å². The van der Waals surface area contributed by atoms with Crippen LogP contribution in [-0.4, -0.2) is 16.7 Å². The van der Waals surface area contributed by atoms with Gasteiger partial charge in [0.15, 0.2) is 0 Å². The molecule has 0 saturated carbocycles. The zero-order chi connectivity index (χ0) is 16.3. The topological polar surface area (TPSA) is 37.4 Å². The van der Waals surface area contributed by atoms with Crippen LogP contribution in [0.4, 0.5) is 0 Å². The highest BCUT2D eigenvalue weighted by Crippen LogP contribution is 2.35. The number of hydrogen-bond acceptors (Lipinski definition) is 2. The summed E-state index contributed by atoms with van der Waals surface area (Å²) in [6.45, 7) is 0. The van der Waals surface area contributed by atoms with Gasteiger partial charge in [-0.2, -0.15) is 0 Å². The summed E-state index contributed by atoms with van der Waals surface area (Å²) in [7, 11) is 0. The fraction of sp³-hybridized carbons (Fsp3) is 0.0476. The number of amides is 2. The second kappa shape index (κ2) is 4.65. The van der Waals surface area contributed by atoms with Crippen LogP contribution >= 0.6 is 0 Å². The molecule has 1 aliphatic carbocycles. The van der Waals surface area contributed by atoms with Crippen molar-refractivity contribution in [3.63, 3.8) is 0 Å². The van der Waals surface area contributed by atoms with Gasteiger partial charge >= 0.3 is 0 Å². The molecule has 1 aliphatic heterocycles. The summed E-state index contributed by atoms with van der Waals surface area (Å²) in [5, 5.41) is 1.69. The first-order chi connectivity index (χ1) is 11.7. The van der Waals surface area contributed by atoms with Gasteiger partial charge in [0.2, 0.25) is 0 Å². The van der Waals surface area contributed by atoms with Gasteiger partial charge in [-0.1, -0.05) is 48.5 Å². The Morgan fingerprint density at radius 3 is 2.08 bits per heavy atom. The number of allylic oxidation sites excluding steroid dienone is 1. The molecule has 3 aromatic rings. The van der Waals surface area contributed by atoms with E-state index < -0.39 is 0 Å². The Bertz CT molecular complexity index is 1030. The lowest BCUT2D eigenvalue weighted by Crippen LogP contribution is -2.39. The van der Waals surface area contributed by atoms with Crippen molar-refractivity contribution in [1.29, 1.82) is 0 Å². The van der Waals surface area contributed by atoms with Crippen molar-refractivity contribution in [3.8, 4) is 0 Å². The normalized spacial score (nSPS) is 15.7. The van der Waals surface area contributed by atoms with Gasteiger partial charge in [-0.15, -0.1) is 0 Å². The van der Waals surface area contributed by atoms with Gasteiger partial charge in [0, 0.05) is 28.6 Å². The van der Waals surface area contributed by atoms with Crippen molar-refractivity contribution in [2.45, 2.75) is 6.42 Å². The van der Waals surface area contributed by atoms with Gasteiger partial charge in [0.1, 0.15) is 0 Å². The lowest BCUT2D eigenvalue weighted by molar-refractivity contribution is 0.0661. The number of carbonyl (C=O) groups is 2. The van der Waals surface area contributed by atoms with Crippen molar-refractivity contribution < 1.29 is 9.59 Å². The third-order valence-corrected chi connectivity index (χ3v) is 4.81. The van der Waals surface area contributed by atoms with E-state index in [-0.39, 0.29) is 11.8 Å². The van der Waals surface area contributed by atoms with Crippen molar-refractivity contribution in [2.75, 3.05) is 0 Å².